The summed E-state index contributed by atoms with van der Waals surface area (Å²) in [5, 5.41) is 8.06. The molecule has 6 nitrogen and oxygen atoms in total. The van der Waals surface area contributed by atoms with Gasteiger partial charge in [-0.3, -0.25) is 15.1 Å². The molecule has 0 unspecified atom stereocenters. The third-order valence-electron chi connectivity index (χ3n) is 3.96. The first kappa shape index (κ1) is 17.8. The van der Waals surface area contributed by atoms with E-state index >= 15 is 0 Å². The highest BCUT2D eigenvalue weighted by molar-refractivity contribution is 7.15. The number of pyridine rings is 1. The van der Waals surface area contributed by atoms with Gasteiger partial charge in [-0.1, -0.05) is 18.2 Å². The number of thiazole rings is 1. The van der Waals surface area contributed by atoms with Crippen molar-refractivity contribution in [3.8, 4) is 16.9 Å². The molecule has 3 aromatic heterocycles. The van der Waals surface area contributed by atoms with E-state index in [9.17, 15) is 4.79 Å². The quantitative estimate of drug-likeness (QED) is 0.517. The zero-order chi connectivity index (χ0) is 19.3. The summed E-state index contributed by atoms with van der Waals surface area (Å²) >= 11 is 1.44. The summed E-state index contributed by atoms with van der Waals surface area (Å²) in [6.07, 6.45) is 10.3. The van der Waals surface area contributed by atoms with Crippen LogP contribution in [0.15, 0.2) is 73.3 Å². The van der Waals surface area contributed by atoms with Crippen LogP contribution in [0.2, 0.25) is 0 Å². The van der Waals surface area contributed by atoms with Crippen LogP contribution < -0.4 is 5.32 Å². The first-order valence-electron chi connectivity index (χ1n) is 8.66. The van der Waals surface area contributed by atoms with Crippen LogP contribution in [0.5, 0.6) is 0 Å². The van der Waals surface area contributed by atoms with E-state index in [1.807, 2.05) is 55.6 Å². The number of rotatable bonds is 5. The number of aryl methyl sites for hydroxylation is 1. The molecule has 0 spiro atoms. The molecule has 0 fully saturated rings. The lowest BCUT2D eigenvalue weighted by atomic mass is 10.1. The van der Waals surface area contributed by atoms with Gasteiger partial charge in [-0.25, -0.2) is 9.67 Å². The Hall–Kier alpha value is -3.58. The van der Waals surface area contributed by atoms with Gasteiger partial charge in [-0.2, -0.15) is 5.10 Å². The van der Waals surface area contributed by atoms with Gasteiger partial charge in [0.05, 0.1) is 5.69 Å². The molecule has 4 rings (SSSR count). The fraction of sp³-hybridized carbons (Fsp3) is 0.0476. The first-order chi connectivity index (χ1) is 13.7. The predicted octanol–water partition coefficient (Wildman–Crippen LogP) is 4.35. The Kier molecular flexibility index (Phi) is 5.07. The number of para-hydroxylation sites is 1. The molecule has 0 atom stereocenters. The Balaban J connectivity index is 1.64. The van der Waals surface area contributed by atoms with E-state index in [4.69, 9.17) is 5.10 Å². The van der Waals surface area contributed by atoms with Crippen molar-refractivity contribution < 1.29 is 4.79 Å². The molecule has 0 saturated heterocycles. The van der Waals surface area contributed by atoms with Crippen molar-refractivity contribution in [3.63, 3.8) is 0 Å². The van der Waals surface area contributed by atoms with Gasteiger partial charge in [0.1, 0.15) is 5.69 Å². The third kappa shape index (κ3) is 4.05. The molecule has 1 aromatic carbocycles. The number of nitrogens with zero attached hydrogens (tertiary/aromatic N) is 4. The monoisotopic (exact) mass is 387 g/mol. The highest BCUT2D eigenvalue weighted by atomic mass is 32.1. The molecule has 0 radical (unpaired) electrons. The number of hydrogen-bond acceptors (Lipinski definition) is 5. The smallest absolute Gasteiger partial charge is 0.250 e. The molecule has 7 heteroatoms. The van der Waals surface area contributed by atoms with E-state index < -0.39 is 0 Å². The Labute approximate surface area is 166 Å². The van der Waals surface area contributed by atoms with E-state index in [1.165, 1.54) is 17.4 Å². The average Bonchev–Trinajstić information content (AvgIpc) is 3.34. The highest BCUT2D eigenvalue weighted by Gasteiger charge is 2.11. The average molecular weight is 387 g/mol. The van der Waals surface area contributed by atoms with Crippen LogP contribution in [0.3, 0.4) is 0 Å². The van der Waals surface area contributed by atoms with Crippen molar-refractivity contribution in [2.45, 2.75) is 6.92 Å². The standard InChI is InChI=1S/C21H17N5OS/c1-15-12-23-21(28-15)24-19(27)10-9-17-14-26(18-7-3-2-4-8-18)25-20(17)16-6-5-11-22-13-16/h2-14H,1H3,(H,23,24,27)/b10-9+. The number of benzene rings is 1. The molecule has 1 amide bonds. The zero-order valence-corrected chi connectivity index (χ0v) is 15.9. The largest absolute Gasteiger partial charge is 0.298 e. The summed E-state index contributed by atoms with van der Waals surface area (Å²) in [7, 11) is 0. The minimum absolute atomic E-state index is 0.237. The van der Waals surface area contributed by atoms with Gasteiger partial charge in [-0.15, -0.1) is 11.3 Å². The summed E-state index contributed by atoms with van der Waals surface area (Å²) in [4.78, 5) is 21.6. The van der Waals surface area contributed by atoms with Gasteiger partial charge in [0.25, 0.3) is 0 Å². The van der Waals surface area contributed by atoms with Crippen LogP contribution in [-0.4, -0.2) is 25.7 Å². The van der Waals surface area contributed by atoms with Gasteiger partial charge in [-0.05, 0) is 37.3 Å². The van der Waals surface area contributed by atoms with Crippen LogP contribution in [0, 0.1) is 6.92 Å². The van der Waals surface area contributed by atoms with Crippen molar-refractivity contribution in [3.05, 3.63) is 83.8 Å². The maximum atomic E-state index is 12.2. The number of anilines is 1. The van der Waals surface area contributed by atoms with Crippen LogP contribution in [0.1, 0.15) is 10.4 Å². The minimum atomic E-state index is -0.237. The summed E-state index contributed by atoms with van der Waals surface area (Å²) in [6, 6.07) is 13.6. The maximum absolute atomic E-state index is 12.2. The van der Waals surface area contributed by atoms with Crippen LogP contribution in [-0.2, 0) is 4.79 Å². The Morgan fingerprint density at radius 3 is 2.71 bits per heavy atom. The van der Waals surface area contributed by atoms with Crippen LogP contribution in [0.4, 0.5) is 5.13 Å². The number of aromatic nitrogens is 4. The van der Waals surface area contributed by atoms with Gasteiger partial charge in [0.15, 0.2) is 5.13 Å². The summed E-state index contributed by atoms with van der Waals surface area (Å²) in [6.45, 7) is 1.95. The van der Waals surface area contributed by atoms with Gasteiger partial charge < -0.3 is 0 Å². The number of carbonyl (C=O) groups excluding carboxylic acids is 1. The molecule has 0 aliphatic carbocycles. The fourth-order valence-electron chi connectivity index (χ4n) is 2.67. The Morgan fingerprint density at radius 1 is 1.14 bits per heavy atom. The van der Waals surface area contributed by atoms with Crippen molar-refractivity contribution >= 4 is 28.5 Å². The van der Waals surface area contributed by atoms with Crippen molar-refractivity contribution in [2.24, 2.45) is 0 Å². The second-order valence-electron chi connectivity index (χ2n) is 6.05. The lowest BCUT2D eigenvalue weighted by Crippen LogP contribution is -2.07. The van der Waals surface area contributed by atoms with Crippen LogP contribution in [0.25, 0.3) is 23.0 Å². The van der Waals surface area contributed by atoms with Gasteiger partial charge in [0, 0.05) is 46.9 Å². The Bertz CT molecular complexity index is 1120. The zero-order valence-electron chi connectivity index (χ0n) is 15.1. The number of nitrogens with one attached hydrogen (secondary N) is 1. The summed E-state index contributed by atoms with van der Waals surface area (Å²) < 4.78 is 1.80. The molecule has 138 valence electrons. The lowest BCUT2D eigenvalue weighted by Gasteiger charge is -2.00. The van der Waals surface area contributed by atoms with Gasteiger partial charge in [0.2, 0.25) is 5.91 Å². The van der Waals surface area contributed by atoms with E-state index in [-0.39, 0.29) is 5.91 Å². The van der Waals surface area contributed by atoms with E-state index in [0.717, 1.165) is 27.4 Å². The SMILES string of the molecule is Cc1cnc(NC(=O)/C=C/c2cn(-c3ccccc3)nc2-c2cccnc2)s1. The molecule has 4 aromatic rings. The normalized spacial score (nSPS) is 11.0. The minimum Gasteiger partial charge on any atom is -0.298 e. The Morgan fingerprint density at radius 2 is 2.00 bits per heavy atom. The lowest BCUT2D eigenvalue weighted by molar-refractivity contribution is -0.111. The summed E-state index contributed by atoms with van der Waals surface area (Å²) in [5.41, 5.74) is 3.40. The molecule has 1 N–H and O–H groups in total. The van der Waals surface area contributed by atoms with Crippen LogP contribution >= 0.6 is 11.3 Å². The second kappa shape index (κ2) is 7.98. The molecular weight excluding hydrogens is 370 g/mol. The molecule has 0 bridgehead atoms. The predicted molar refractivity (Wildman–Crippen MR) is 111 cm³/mol. The molecule has 28 heavy (non-hydrogen) atoms. The summed E-state index contributed by atoms with van der Waals surface area (Å²) in [5.74, 6) is -0.237. The molecule has 3 heterocycles. The topological polar surface area (TPSA) is 72.7 Å². The molecular formula is C21H17N5OS. The number of hydrogen-bond donors (Lipinski definition) is 1. The van der Waals surface area contributed by atoms with E-state index in [2.05, 4.69) is 15.3 Å². The maximum Gasteiger partial charge on any atom is 0.250 e. The fourth-order valence-corrected chi connectivity index (χ4v) is 3.34. The second-order valence-corrected chi connectivity index (χ2v) is 7.29. The van der Waals surface area contributed by atoms with Crippen molar-refractivity contribution in [2.75, 3.05) is 5.32 Å². The highest BCUT2D eigenvalue weighted by Crippen LogP contribution is 2.24. The third-order valence-corrected chi connectivity index (χ3v) is 4.79. The molecule has 0 aliphatic heterocycles. The van der Waals surface area contributed by atoms with E-state index in [0.29, 0.717) is 5.13 Å². The van der Waals surface area contributed by atoms with Crippen molar-refractivity contribution in [1.29, 1.82) is 0 Å². The molecule has 0 aliphatic rings. The van der Waals surface area contributed by atoms with E-state index in [1.54, 1.807) is 29.3 Å². The number of amides is 1. The number of carbonyl (C=O) groups is 1. The van der Waals surface area contributed by atoms with Gasteiger partial charge >= 0.3 is 0 Å². The molecule has 0 saturated carbocycles. The van der Waals surface area contributed by atoms with Crippen molar-refractivity contribution in [1.82, 2.24) is 19.7 Å². The first-order valence-corrected chi connectivity index (χ1v) is 9.48.